The summed E-state index contributed by atoms with van der Waals surface area (Å²) in [6.07, 6.45) is 8.12. The molecule has 19 heavy (non-hydrogen) atoms. The highest BCUT2D eigenvalue weighted by molar-refractivity contribution is 7.11. The largest absolute Gasteiger partial charge is 0.309 e. The Labute approximate surface area is 121 Å². The maximum Gasteiger partial charge on any atom is 0.0302 e. The molecule has 3 rings (SSSR count). The Balaban J connectivity index is 1.53. The minimum Gasteiger partial charge on any atom is -0.309 e. The van der Waals surface area contributed by atoms with Gasteiger partial charge in [-0.2, -0.15) is 0 Å². The maximum atomic E-state index is 3.81. The van der Waals surface area contributed by atoms with Crippen LogP contribution in [0.3, 0.4) is 0 Å². The first-order valence-corrected chi connectivity index (χ1v) is 8.60. The van der Waals surface area contributed by atoms with Crippen LogP contribution in [0.15, 0.2) is 12.1 Å². The minimum absolute atomic E-state index is 0.735. The summed E-state index contributed by atoms with van der Waals surface area (Å²) in [5, 5.41) is 3.81. The van der Waals surface area contributed by atoms with Crippen molar-refractivity contribution in [2.24, 2.45) is 0 Å². The Morgan fingerprint density at radius 2 is 1.89 bits per heavy atom. The molecule has 0 amide bonds. The van der Waals surface area contributed by atoms with Crippen molar-refractivity contribution in [3.63, 3.8) is 0 Å². The topological polar surface area (TPSA) is 15.3 Å². The molecule has 2 nitrogen and oxygen atoms in total. The number of thiophene rings is 1. The van der Waals surface area contributed by atoms with Gasteiger partial charge in [0.15, 0.2) is 0 Å². The molecule has 106 valence electrons. The molecule has 2 fully saturated rings. The van der Waals surface area contributed by atoms with Crippen LogP contribution < -0.4 is 5.32 Å². The van der Waals surface area contributed by atoms with Gasteiger partial charge in [-0.3, -0.25) is 0 Å². The SMILES string of the molecule is CCc1ccc(CNC2CC3CCCC(C2)N3C)s1. The van der Waals surface area contributed by atoms with Gasteiger partial charge in [-0.15, -0.1) is 11.3 Å². The normalized spacial score (nSPS) is 31.6. The minimum atomic E-state index is 0.735. The Kier molecular flexibility index (Phi) is 4.25. The van der Waals surface area contributed by atoms with Gasteiger partial charge in [-0.25, -0.2) is 0 Å². The summed E-state index contributed by atoms with van der Waals surface area (Å²) in [6, 6.07) is 6.98. The maximum absolute atomic E-state index is 3.81. The van der Waals surface area contributed by atoms with Gasteiger partial charge in [0, 0.05) is 34.4 Å². The molecule has 1 N–H and O–H groups in total. The fraction of sp³-hybridized carbons (Fsp3) is 0.750. The van der Waals surface area contributed by atoms with Gasteiger partial charge in [0.1, 0.15) is 0 Å². The summed E-state index contributed by atoms with van der Waals surface area (Å²) < 4.78 is 0. The molecule has 0 radical (unpaired) electrons. The second kappa shape index (κ2) is 5.94. The molecule has 2 aliphatic rings. The lowest BCUT2D eigenvalue weighted by Crippen LogP contribution is -2.54. The lowest BCUT2D eigenvalue weighted by Gasteiger charge is -2.47. The molecule has 0 saturated carbocycles. The van der Waals surface area contributed by atoms with Crippen LogP contribution in [-0.2, 0) is 13.0 Å². The highest BCUT2D eigenvalue weighted by atomic mass is 32.1. The molecule has 0 aliphatic carbocycles. The van der Waals surface area contributed by atoms with Crippen LogP contribution in [0.4, 0.5) is 0 Å². The quantitative estimate of drug-likeness (QED) is 0.908. The Morgan fingerprint density at radius 1 is 1.21 bits per heavy atom. The Bertz CT molecular complexity index is 401. The first-order chi connectivity index (χ1) is 9.26. The van der Waals surface area contributed by atoms with Crippen LogP contribution in [0, 0.1) is 0 Å². The molecule has 1 aromatic rings. The fourth-order valence-electron chi connectivity index (χ4n) is 3.73. The smallest absolute Gasteiger partial charge is 0.0302 e. The first-order valence-electron chi connectivity index (χ1n) is 7.79. The van der Waals surface area contributed by atoms with Gasteiger partial charge in [0.25, 0.3) is 0 Å². The van der Waals surface area contributed by atoms with E-state index in [4.69, 9.17) is 0 Å². The molecule has 2 atom stereocenters. The summed E-state index contributed by atoms with van der Waals surface area (Å²) in [5.41, 5.74) is 0. The van der Waals surface area contributed by atoms with Crippen LogP contribution >= 0.6 is 11.3 Å². The van der Waals surface area contributed by atoms with Crippen molar-refractivity contribution in [2.75, 3.05) is 7.05 Å². The number of rotatable bonds is 4. The van der Waals surface area contributed by atoms with Crippen LogP contribution in [0.1, 0.15) is 48.8 Å². The molecule has 2 aliphatic heterocycles. The van der Waals surface area contributed by atoms with Crippen molar-refractivity contribution < 1.29 is 0 Å². The zero-order valence-electron chi connectivity index (χ0n) is 12.2. The van der Waals surface area contributed by atoms with E-state index in [1.807, 2.05) is 11.3 Å². The summed E-state index contributed by atoms with van der Waals surface area (Å²) in [4.78, 5) is 5.65. The zero-order chi connectivity index (χ0) is 13.2. The van der Waals surface area contributed by atoms with Gasteiger partial charge in [0.2, 0.25) is 0 Å². The van der Waals surface area contributed by atoms with E-state index in [2.05, 4.69) is 36.3 Å². The van der Waals surface area contributed by atoms with Crippen LogP contribution in [-0.4, -0.2) is 30.1 Å². The molecule has 0 spiro atoms. The molecule has 2 unspecified atom stereocenters. The number of piperidine rings is 2. The number of hydrogen-bond donors (Lipinski definition) is 1. The third-order valence-corrected chi connectivity index (χ3v) is 6.20. The van der Waals surface area contributed by atoms with Crippen LogP contribution in [0.5, 0.6) is 0 Å². The van der Waals surface area contributed by atoms with E-state index >= 15 is 0 Å². The van der Waals surface area contributed by atoms with Gasteiger partial charge >= 0.3 is 0 Å². The van der Waals surface area contributed by atoms with Crippen LogP contribution in [0.2, 0.25) is 0 Å². The average molecular weight is 278 g/mol. The first kappa shape index (κ1) is 13.6. The standard InChI is InChI=1S/C16H26N2S/c1-3-15-7-8-16(19-15)11-17-12-9-13-5-4-6-14(10-12)18(13)2/h7-8,12-14,17H,3-6,9-11H2,1-2H3. The number of hydrogen-bond acceptors (Lipinski definition) is 3. The molecule has 3 heterocycles. The van der Waals surface area contributed by atoms with Crippen molar-refractivity contribution in [2.45, 2.75) is 70.1 Å². The molecular formula is C16H26N2S. The summed E-state index contributed by atoms with van der Waals surface area (Å²) in [7, 11) is 2.33. The fourth-order valence-corrected chi connectivity index (χ4v) is 4.64. The van der Waals surface area contributed by atoms with E-state index in [1.54, 1.807) is 0 Å². The molecule has 0 aromatic carbocycles. The molecule has 1 aromatic heterocycles. The number of nitrogens with one attached hydrogen (secondary N) is 1. The predicted octanol–water partition coefficient (Wildman–Crippen LogP) is 3.42. The van der Waals surface area contributed by atoms with Crippen LogP contribution in [0.25, 0.3) is 0 Å². The van der Waals surface area contributed by atoms with Crippen molar-refractivity contribution in [1.82, 2.24) is 10.2 Å². The average Bonchev–Trinajstić information content (AvgIpc) is 2.85. The third kappa shape index (κ3) is 3.04. The third-order valence-electron chi connectivity index (χ3n) is 4.97. The van der Waals surface area contributed by atoms with Gasteiger partial charge in [0.05, 0.1) is 0 Å². The van der Waals surface area contributed by atoms with Crippen molar-refractivity contribution in [1.29, 1.82) is 0 Å². The zero-order valence-corrected chi connectivity index (χ0v) is 13.0. The molecule has 2 bridgehead atoms. The second-order valence-corrected chi connectivity index (χ2v) is 7.43. The Hall–Kier alpha value is -0.380. The van der Waals surface area contributed by atoms with E-state index in [0.29, 0.717) is 0 Å². The lowest BCUT2D eigenvalue weighted by molar-refractivity contribution is 0.0483. The van der Waals surface area contributed by atoms with Crippen molar-refractivity contribution >= 4 is 11.3 Å². The Morgan fingerprint density at radius 3 is 2.53 bits per heavy atom. The molecule has 2 saturated heterocycles. The predicted molar refractivity (Wildman–Crippen MR) is 82.7 cm³/mol. The van der Waals surface area contributed by atoms with E-state index < -0.39 is 0 Å². The highest BCUT2D eigenvalue weighted by Gasteiger charge is 2.35. The van der Waals surface area contributed by atoms with E-state index in [1.165, 1.54) is 48.3 Å². The summed E-state index contributed by atoms with van der Waals surface area (Å²) >= 11 is 1.97. The molecule has 3 heteroatoms. The number of nitrogens with zero attached hydrogens (tertiary/aromatic N) is 1. The second-order valence-electron chi connectivity index (χ2n) is 6.17. The van der Waals surface area contributed by atoms with Gasteiger partial charge in [-0.05, 0) is 51.3 Å². The highest BCUT2D eigenvalue weighted by Crippen LogP contribution is 2.32. The number of aryl methyl sites for hydroxylation is 1. The number of fused-ring (bicyclic) bond motifs is 2. The summed E-state index contributed by atoms with van der Waals surface area (Å²) in [6.45, 7) is 3.31. The van der Waals surface area contributed by atoms with Crippen molar-refractivity contribution in [3.8, 4) is 0 Å². The van der Waals surface area contributed by atoms with E-state index in [9.17, 15) is 0 Å². The molecular weight excluding hydrogens is 252 g/mol. The van der Waals surface area contributed by atoms with Gasteiger partial charge < -0.3 is 10.2 Å². The van der Waals surface area contributed by atoms with Gasteiger partial charge in [-0.1, -0.05) is 13.3 Å². The van der Waals surface area contributed by atoms with E-state index in [-0.39, 0.29) is 0 Å². The van der Waals surface area contributed by atoms with Crippen molar-refractivity contribution in [3.05, 3.63) is 21.9 Å². The van der Waals surface area contributed by atoms with E-state index in [0.717, 1.165) is 24.7 Å². The summed E-state index contributed by atoms with van der Waals surface area (Å²) in [5.74, 6) is 0. The monoisotopic (exact) mass is 278 g/mol. The lowest BCUT2D eigenvalue weighted by atomic mass is 9.82.